The molecule has 1 saturated heterocycles. The van der Waals surface area contributed by atoms with Crippen molar-refractivity contribution in [3.05, 3.63) is 33.8 Å². The van der Waals surface area contributed by atoms with Gasteiger partial charge < -0.3 is 10.2 Å². The first-order valence-electron chi connectivity index (χ1n) is 7.33. The molecule has 1 saturated carbocycles. The van der Waals surface area contributed by atoms with Gasteiger partial charge in [-0.05, 0) is 42.8 Å². The smallest absolute Gasteiger partial charge is 0.169 e. The highest BCUT2D eigenvalue weighted by Gasteiger charge is 2.25. The van der Waals surface area contributed by atoms with Crippen LogP contribution in [0.3, 0.4) is 0 Å². The minimum atomic E-state index is 0.628. The van der Waals surface area contributed by atoms with Gasteiger partial charge in [0.05, 0.1) is 0 Å². The van der Waals surface area contributed by atoms with Crippen LogP contribution in [-0.4, -0.2) is 47.1 Å². The summed E-state index contributed by atoms with van der Waals surface area (Å²) in [6, 6.07) is 6.34. The molecule has 1 aliphatic heterocycles. The summed E-state index contributed by atoms with van der Waals surface area (Å²) in [4.78, 5) is 4.68. The molecule has 0 atom stereocenters. The maximum Gasteiger partial charge on any atom is 0.169 e. The van der Waals surface area contributed by atoms with E-state index in [1.54, 1.807) is 0 Å². The quantitative estimate of drug-likeness (QED) is 0.849. The van der Waals surface area contributed by atoms with Crippen LogP contribution in [0.15, 0.2) is 18.2 Å². The van der Waals surface area contributed by atoms with Gasteiger partial charge in [-0.25, -0.2) is 0 Å². The molecule has 0 bridgehead atoms. The van der Waals surface area contributed by atoms with Gasteiger partial charge in [0.25, 0.3) is 0 Å². The average Bonchev–Trinajstić information content (AvgIpc) is 3.26. The Kier molecular flexibility index (Phi) is 4.89. The third-order valence-corrected chi connectivity index (χ3v) is 4.94. The Balaban J connectivity index is 1.49. The maximum atomic E-state index is 6.24. The van der Waals surface area contributed by atoms with Crippen molar-refractivity contribution in [3.8, 4) is 0 Å². The molecule has 2 fully saturated rings. The summed E-state index contributed by atoms with van der Waals surface area (Å²) in [6.45, 7) is 4.83. The van der Waals surface area contributed by atoms with E-state index >= 15 is 0 Å². The molecule has 1 heterocycles. The van der Waals surface area contributed by atoms with Gasteiger partial charge in [0.1, 0.15) is 0 Å². The first kappa shape index (κ1) is 15.3. The number of benzene rings is 1. The summed E-state index contributed by atoms with van der Waals surface area (Å²) in [6.07, 6.45) is 2.52. The highest BCUT2D eigenvalue weighted by Crippen LogP contribution is 2.23. The largest absolute Gasteiger partial charge is 0.360 e. The second kappa shape index (κ2) is 6.69. The van der Waals surface area contributed by atoms with E-state index in [9.17, 15) is 0 Å². The van der Waals surface area contributed by atoms with Crippen molar-refractivity contribution in [2.24, 2.45) is 0 Å². The van der Waals surface area contributed by atoms with Gasteiger partial charge in [-0.15, -0.1) is 0 Å². The van der Waals surface area contributed by atoms with Gasteiger partial charge in [-0.3, -0.25) is 4.90 Å². The standard InChI is InChI=1S/C15H19Cl2N3S/c16-12-2-1-11(14(17)9-12)10-19-5-7-20(8-6-19)15(21)18-13-3-4-13/h1-2,9,13H,3-8,10H2,(H,18,21). The second-order valence-electron chi connectivity index (χ2n) is 5.72. The first-order valence-corrected chi connectivity index (χ1v) is 8.50. The predicted molar refractivity (Wildman–Crippen MR) is 92.1 cm³/mol. The molecular formula is C15H19Cl2N3S. The van der Waals surface area contributed by atoms with Crippen LogP contribution in [0.5, 0.6) is 0 Å². The van der Waals surface area contributed by atoms with E-state index in [4.69, 9.17) is 35.4 Å². The number of nitrogens with one attached hydrogen (secondary N) is 1. The Morgan fingerprint density at radius 3 is 2.52 bits per heavy atom. The van der Waals surface area contributed by atoms with Crippen molar-refractivity contribution in [2.75, 3.05) is 26.2 Å². The van der Waals surface area contributed by atoms with E-state index < -0.39 is 0 Å². The molecule has 1 aromatic rings. The molecule has 6 heteroatoms. The second-order valence-corrected chi connectivity index (χ2v) is 6.95. The number of halogens is 2. The minimum absolute atomic E-state index is 0.628. The molecule has 2 aliphatic rings. The van der Waals surface area contributed by atoms with E-state index in [1.807, 2.05) is 18.2 Å². The number of piperazine rings is 1. The predicted octanol–water partition coefficient (Wildman–Crippen LogP) is 3.15. The number of rotatable bonds is 3. The zero-order valence-corrected chi connectivity index (χ0v) is 14.1. The third kappa shape index (κ3) is 4.22. The van der Waals surface area contributed by atoms with Gasteiger partial charge in [-0.2, -0.15) is 0 Å². The van der Waals surface area contributed by atoms with Crippen LogP contribution in [-0.2, 0) is 6.54 Å². The van der Waals surface area contributed by atoms with Crippen LogP contribution >= 0.6 is 35.4 Å². The zero-order chi connectivity index (χ0) is 14.8. The van der Waals surface area contributed by atoms with Crippen molar-refractivity contribution in [1.82, 2.24) is 15.1 Å². The summed E-state index contributed by atoms with van der Waals surface area (Å²) in [5.41, 5.74) is 1.13. The molecule has 3 rings (SSSR count). The molecule has 0 aromatic heterocycles. The van der Waals surface area contributed by atoms with Crippen molar-refractivity contribution in [1.29, 1.82) is 0 Å². The molecule has 0 radical (unpaired) electrons. The number of hydrogen-bond acceptors (Lipinski definition) is 2. The lowest BCUT2D eigenvalue weighted by atomic mass is 10.2. The van der Waals surface area contributed by atoms with Crippen molar-refractivity contribution >= 4 is 40.5 Å². The van der Waals surface area contributed by atoms with Crippen LogP contribution < -0.4 is 5.32 Å². The SMILES string of the molecule is S=C(NC1CC1)N1CCN(Cc2ccc(Cl)cc2Cl)CC1. The van der Waals surface area contributed by atoms with Crippen molar-refractivity contribution < 1.29 is 0 Å². The third-order valence-electron chi connectivity index (χ3n) is 3.97. The fourth-order valence-electron chi connectivity index (χ4n) is 2.49. The highest BCUT2D eigenvalue weighted by atomic mass is 35.5. The van der Waals surface area contributed by atoms with E-state index in [1.165, 1.54) is 12.8 Å². The molecule has 1 N–H and O–H groups in total. The van der Waals surface area contributed by atoms with Gasteiger partial charge in [0, 0.05) is 48.8 Å². The Hall–Kier alpha value is -0.550. The molecule has 1 aliphatic carbocycles. The van der Waals surface area contributed by atoms with Gasteiger partial charge in [0.2, 0.25) is 0 Å². The van der Waals surface area contributed by atoms with Gasteiger partial charge in [-0.1, -0.05) is 29.3 Å². The van der Waals surface area contributed by atoms with E-state index in [0.717, 1.165) is 48.4 Å². The number of nitrogens with zero attached hydrogens (tertiary/aromatic N) is 2. The Labute approximate surface area is 141 Å². The van der Waals surface area contributed by atoms with Crippen LogP contribution in [0.1, 0.15) is 18.4 Å². The summed E-state index contributed by atoms with van der Waals surface area (Å²) in [5.74, 6) is 0. The molecule has 0 amide bonds. The fourth-order valence-corrected chi connectivity index (χ4v) is 3.31. The summed E-state index contributed by atoms with van der Waals surface area (Å²) >= 11 is 17.6. The zero-order valence-electron chi connectivity index (χ0n) is 11.8. The lowest BCUT2D eigenvalue weighted by Gasteiger charge is -2.36. The number of hydrogen-bond donors (Lipinski definition) is 1. The minimum Gasteiger partial charge on any atom is -0.360 e. The van der Waals surface area contributed by atoms with Crippen LogP contribution in [0.2, 0.25) is 10.0 Å². The fraction of sp³-hybridized carbons (Fsp3) is 0.533. The monoisotopic (exact) mass is 343 g/mol. The van der Waals surface area contributed by atoms with E-state index in [-0.39, 0.29) is 0 Å². The van der Waals surface area contributed by atoms with E-state index in [2.05, 4.69) is 15.1 Å². The lowest BCUT2D eigenvalue weighted by Crippen LogP contribution is -2.51. The van der Waals surface area contributed by atoms with Gasteiger partial charge >= 0.3 is 0 Å². The lowest BCUT2D eigenvalue weighted by molar-refractivity contribution is 0.174. The molecule has 0 spiro atoms. The molecule has 3 nitrogen and oxygen atoms in total. The molecule has 1 aromatic carbocycles. The normalized spacial score (nSPS) is 19.6. The Bertz CT molecular complexity index is 526. The maximum absolute atomic E-state index is 6.24. The molecule has 114 valence electrons. The van der Waals surface area contributed by atoms with Crippen molar-refractivity contribution in [2.45, 2.75) is 25.4 Å². The topological polar surface area (TPSA) is 18.5 Å². The van der Waals surface area contributed by atoms with Crippen LogP contribution in [0.4, 0.5) is 0 Å². The molecule has 21 heavy (non-hydrogen) atoms. The molecule has 0 unspecified atom stereocenters. The first-order chi connectivity index (χ1) is 10.1. The van der Waals surface area contributed by atoms with Crippen molar-refractivity contribution in [3.63, 3.8) is 0 Å². The highest BCUT2D eigenvalue weighted by molar-refractivity contribution is 7.80. The van der Waals surface area contributed by atoms with Crippen LogP contribution in [0.25, 0.3) is 0 Å². The summed E-state index contributed by atoms with van der Waals surface area (Å²) < 4.78 is 0. The Morgan fingerprint density at radius 2 is 1.90 bits per heavy atom. The van der Waals surface area contributed by atoms with Crippen LogP contribution in [0, 0.1) is 0 Å². The molecular weight excluding hydrogens is 325 g/mol. The van der Waals surface area contributed by atoms with Gasteiger partial charge in [0.15, 0.2) is 5.11 Å². The average molecular weight is 344 g/mol. The Morgan fingerprint density at radius 1 is 1.19 bits per heavy atom. The summed E-state index contributed by atoms with van der Waals surface area (Å²) in [5, 5.41) is 5.76. The van der Waals surface area contributed by atoms with E-state index in [0.29, 0.717) is 11.1 Å². The number of thiocarbonyl (C=S) groups is 1. The summed E-state index contributed by atoms with van der Waals surface area (Å²) in [7, 11) is 0.